The first-order chi connectivity index (χ1) is 9.26. The Labute approximate surface area is 122 Å². The number of ether oxygens (including phenoxy) is 1. The van der Waals surface area contributed by atoms with Crippen LogP contribution < -0.4 is 10.1 Å². The predicted molar refractivity (Wildman–Crippen MR) is 82.1 cm³/mol. The highest BCUT2D eigenvalue weighted by molar-refractivity contribution is 5.77. The summed E-state index contributed by atoms with van der Waals surface area (Å²) in [4.78, 5) is 13.4. The van der Waals surface area contributed by atoms with Gasteiger partial charge >= 0.3 is 0 Å². The van der Waals surface area contributed by atoms with Crippen LogP contribution in [-0.2, 0) is 11.2 Å². The van der Waals surface area contributed by atoms with Gasteiger partial charge < -0.3 is 15.0 Å². The largest absolute Gasteiger partial charge is 0.488 e. The topological polar surface area (TPSA) is 41.6 Å². The van der Waals surface area contributed by atoms with Crippen LogP contribution >= 0.6 is 0 Å². The maximum absolute atomic E-state index is 11.5. The van der Waals surface area contributed by atoms with Gasteiger partial charge in [0.2, 0.25) is 5.91 Å². The van der Waals surface area contributed by atoms with Crippen molar-refractivity contribution < 1.29 is 9.53 Å². The van der Waals surface area contributed by atoms with Crippen LogP contribution in [0.5, 0.6) is 5.75 Å². The van der Waals surface area contributed by atoms with E-state index in [1.807, 2.05) is 64.0 Å². The van der Waals surface area contributed by atoms with Gasteiger partial charge in [-0.3, -0.25) is 4.79 Å². The number of likely N-dealkylation sites (N-methyl/N-ethyl adjacent to an activating group) is 1. The minimum Gasteiger partial charge on any atom is -0.488 e. The highest BCUT2D eigenvalue weighted by Gasteiger charge is 2.11. The van der Waals surface area contributed by atoms with Crippen molar-refractivity contribution in [3.63, 3.8) is 0 Å². The van der Waals surface area contributed by atoms with Crippen molar-refractivity contribution in [1.29, 1.82) is 0 Å². The fraction of sp³-hybridized carbons (Fsp3) is 0.562. The summed E-state index contributed by atoms with van der Waals surface area (Å²) < 4.78 is 5.83. The van der Waals surface area contributed by atoms with Crippen molar-refractivity contribution in [3.8, 4) is 5.75 Å². The molecule has 4 nitrogen and oxygen atoms in total. The molecule has 1 aromatic carbocycles. The number of hydrogen-bond donors (Lipinski definition) is 1. The van der Waals surface area contributed by atoms with Crippen LogP contribution in [0.4, 0.5) is 0 Å². The van der Waals surface area contributed by atoms with Crippen LogP contribution in [0.2, 0.25) is 0 Å². The summed E-state index contributed by atoms with van der Waals surface area (Å²) in [6.45, 7) is 7.16. The first-order valence-electron chi connectivity index (χ1n) is 6.96. The molecule has 0 fully saturated rings. The first kappa shape index (κ1) is 16.5. The number of hydrogen-bond acceptors (Lipinski definition) is 3. The lowest BCUT2D eigenvalue weighted by atomic mass is 10.1. The molecule has 20 heavy (non-hydrogen) atoms. The average Bonchev–Trinajstić information content (AvgIpc) is 2.25. The van der Waals surface area contributed by atoms with Crippen LogP contribution in [0.15, 0.2) is 24.3 Å². The molecule has 0 aliphatic rings. The first-order valence-corrected chi connectivity index (χ1v) is 6.96. The molecule has 0 aliphatic heterocycles. The molecule has 0 saturated heterocycles. The maximum Gasteiger partial charge on any atom is 0.234 e. The molecule has 1 amide bonds. The van der Waals surface area contributed by atoms with Crippen molar-refractivity contribution in [2.24, 2.45) is 0 Å². The lowest BCUT2D eigenvalue weighted by molar-refractivity contribution is -0.121. The van der Waals surface area contributed by atoms with Crippen molar-refractivity contribution in [3.05, 3.63) is 29.8 Å². The van der Waals surface area contributed by atoms with Crippen LogP contribution in [0.1, 0.15) is 26.3 Å². The Bertz CT molecular complexity index is 436. The molecular formula is C16H26N2O2. The quantitative estimate of drug-likeness (QED) is 0.866. The van der Waals surface area contributed by atoms with E-state index in [2.05, 4.69) is 5.32 Å². The van der Waals surface area contributed by atoms with Gasteiger partial charge in [-0.2, -0.15) is 0 Å². The zero-order valence-corrected chi connectivity index (χ0v) is 13.2. The molecule has 4 heteroatoms. The molecule has 1 rings (SSSR count). The van der Waals surface area contributed by atoms with Gasteiger partial charge in [-0.05, 0) is 59.0 Å². The zero-order chi connectivity index (χ0) is 15.2. The minimum absolute atomic E-state index is 0.0529. The van der Waals surface area contributed by atoms with E-state index in [9.17, 15) is 4.79 Å². The van der Waals surface area contributed by atoms with Crippen molar-refractivity contribution in [2.75, 3.05) is 27.2 Å². The highest BCUT2D eigenvalue weighted by Crippen LogP contribution is 2.19. The van der Waals surface area contributed by atoms with Gasteiger partial charge in [-0.25, -0.2) is 0 Å². The van der Waals surface area contributed by atoms with Gasteiger partial charge in [-0.1, -0.05) is 12.1 Å². The number of benzene rings is 1. The van der Waals surface area contributed by atoms with E-state index in [0.717, 1.165) is 17.7 Å². The number of amides is 1. The summed E-state index contributed by atoms with van der Waals surface area (Å²) in [5.74, 6) is 0.923. The molecule has 0 bridgehead atoms. The molecule has 112 valence electrons. The van der Waals surface area contributed by atoms with E-state index >= 15 is 0 Å². The van der Waals surface area contributed by atoms with Crippen molar-refractivity contribution >= 4 is 5.91 Å². The predicted octanol–water partition coefficient (Wildman–Crippen LogP) is 2.08. The second kappa shape index (κ2) is 7.29. The third-order valence-electron chi connectivity index (χ3n) is 2.52. The maximum atomic E-state index is 11.5. The monoisotopic (exact) mass is 278 g/mol. The Kier molecular flexibility index (Phi) is 6.02. The van der Waals surface area contributed by atoms with Crippen LogP contribution in [-0.4, -0.2) is 43.6 Å². The second-order valence-electron chi connectivity index (χ2n) is 6.20. The molecule has 0 aromatic heterocycles. The minimum atomic E-state index is -0.196. The summed E-state index contributed by atoms with van der Waals surface area (Å²) in [6, 6.07) is 8.02. The molecule has 0 unspecified atom stereocenters. The van der Waals surface area contributed by atoms with E-state index in [4.69, 9.17) is 4.74 Å². The number of nitrogens with zero attached hydrogens (tertiary/aromatic N) is 1. The van der Waals surface area contributed by atoms with Gasteiger partial charge in [0.25, 0.3) is 0 Å². The fourth-order valence-electron chi connectivity index (χ4n) is 1.81. The Morgan fingerprint density at radius 2 is 2.00 bits per heavy atom. The van der Waals surface area contributed by atoms with Crippen LogP contribution in [0, 0.1) is 0 Å². The fourth-order valence-corrected chi connectivity index (χ4v) is 1.81. The Balaban J connectivity index is 2.45. The normalized spacial score (nSPS) is 11.5. The van der Waals surface area contributed by atoms with E-state index in [1.165, 1.54) is 0 Å². The molecule has 1 N–H and O–H groups in total. The van der Waals surface area contributed by atoms with Gasteiger partial charge in [0.05, 0.1) is 6.54 Å². The van der Waals surface area contributed by atoms with Gasteiger partial charge in [0, 0.05) is 6.54 Å². The molecule has 0 aliphatic carbocycles. The van der Waals surface area contributed by atoms with Crippen molar-refractivity contribution in [1.82, 2.24) is 10.2 Å². The van der Waals surface area contributed by atoms with Crippen LogP contribution in [0.3, 0.4) is 0 Å². The molecule has 0 spiro atoms. The third-order valence-corrected chi connectivity index (χ3v) is 2.52. The second-order valence-corrected chi connectivity index (χ2v) is 6.20. The lowest BCUT2D eigenvalue weighted by Gasteiger charge is -2.21. The summed E-state index contributed by atoms with van der Waals surface area (Å²) in [6.07, 6.45) is 0.806. The molecular weight excluding hydrogens is 252 g/mol. The lowest BCUT2D eigenvalue weighted by Crippen LogP contribution is -2.34. The average molecular weight is 278 g/mol. The zero-order valence-electron chi connectivity index (χ0n) is 13.2. The molecule has 0 radical (unpaired) electrons. The number of rotatable bonds is 6. The summed E-state index contributed by atoms with van der Waals surface area (Å²) >= 11 is 0. The standard InChI is InChI=1S/C16H26N2O2/c1-16(2,3)20-14-8-6-7-13(11-14)9-10-17-15(19)12-18(4)5/h6-8,11H,9-10,12H2,1-5H3,(H,17,19). The smallest absolute Gasteiger partial charge is 0.234 e. The summed E-state index contributed by atoms with van der Waals surface area (Å²) in [5.41, 5.74) is 0.968. The Morgan fingerprint density at radius 3 is 2.60 bits per heavy atom. The van der Waals surface area contributed by atoms with Gasteiger partial charge in [-0.15, -0.1) is 0 Å². The van der Waals surface area contributed by atoms with E-state index in [1.54, 1.807) is 0 Å². The highest BCUT2D eigenvalue weighted by atomic mass is 16.5. The SMILES string of the molecule is CN(C)CC(=O)NCCc1cccc(OC(C)(C)C)c1. The number of carbonyl (C=O) groups is 1. The van der Waals surface area contributed by atoms with Crippen molar-refractivity contribution in [2.45, 2.75) is 32.8 Å². The molecule has 1 aromatic rings. The number of carbonyl (C=O) groups excluding carboxylic acids is 1. The summed E-state index contributed by atoms with van der Waals surface area (Å²) in [5, 5.41) is 2.91. The van der Waals surface area contributed by atoms with Gasteiger partial charge in [0.15, 0.2) is 0 Å². The van der Waals surface area contributed by atoms with E-state index in [0.29, 0.717) is 13.1 Å². The van der Waals surface area contributed by atoms with Crippen LogP contribution in [0.25, 0.3) is 0 Å². The summed E-state index contributed by atoms with van der Waals surface area (Å²) in [7, 11) is 3.76. The molecule has 0 atom stereocenters. The Hall–Kier alpha value is -1.55. The third kappa shape index (κ3) is 7.14. The molecule has 0 saturated carbocycles. The van der Waals surface area contributed by atoms with E-state index < -0.39 is 0 Å². The molecule has 0 heterocycles. The number of nitrogens with one attached hydrogen (secondary N) is 1. The van der Waals surface area contributed by atoms with Gasteiger partial charge in [0.1, 0.15) is 11.4 Å². The van der Waals surface area contributed by atoms with E-state index in [-0.39, 0.29) is 11.5 Å². The Morgan fingerprint density at radius 1 is 1.30 bits per heavy atom.